The minimum atomic E-state index is -0.942. The first-order chi connectivity index (χ1) is 8.58. The number of carbonyl (C=O) groups is 2. The fourth-order valence-electron chi connectivity index (χ4n) is 1.48. The second kappa shape index (κ2) is 6.58. The summed E-state index contributed by atoms with van der Waals surface area (Å²) in [6.07, 6.45) is 2.65. The van der Waals surface area contributed by atoms with E-state index in [0.717, 1.165) is 6.42 Å². The predicted octanol–water partition coefficient (Wildman–Crippen LogP) is 1.53. The number of pyridine rings is 1. The van der Waals surface area contributed by atoms with E-state index in [0.29, 0.717) is 17.8 Å². The van der Waals surface area contributed by atoms with Crippen LogP contribution < -0.4 is 5.32 Å². The summed E-state index contributed by atoms with van der Waals surface area (Å²) >= 11 is 0. The Hall–Kier alpha value is -2.11. The molecule has 0 radical (unpaired) electrons. The summed E-state index contributed by atoms with van der Waals surface area (Å²) in [7, 11) is 1.28. The average Bonchev–Trinajstić information content (AvgIpc) is 2.37. The SMILES string of the molecule is CCCC(Nc1cc(C(=O)OC)ccn1)C(=O)O. The second-order valence-corrected chi connectivity index (χ2v) is 3.75. The maximum Gasteiger partial charge on any atom is 0.338 e. The van der Waals surface area contributed by atoms with Crippen molar-refractivity contribution >= 4 is 17.8 Å². The molecule has 1 heterocycles. The van der Waals surface area contributed by atoms with Gasteiger partial charge < -0.3 is 15.2 Å². The molecule has 0 saturated carbocycles. The van der Waals surface area contributed by atoms with Crippen molar-refractivity contribution in [1.29, 1.82) is 0 Å². The van der Waals surface area contributed by atoms with Crippen LogP contribution in [0, 0.1) is 0 Å². The van der Waals surface area contributed by atoms with Crippen molar-refractivity contribution in [2.75, 3.05) is 12.4 Å². The zero-order valence-electron chi connectivity index (χ0n) is 10.3. The number of carboxylic acid groups (broad SMARTS) is 1. The molecule has 0 bridgehead atoms. The number of rotatable bonds is 6. The van der Waals surface area contributed by atoms with Crippen molar-refractivity contribution in [1.82, 2.24) is 4.98 Å². The molecule has 0 aliphatic heterocycles. The molecular weight excluding hydrogens is 236 g/mol. The molecule has 0 aromatic carbocycles. The van der Waals surface area contributed by atoms with Crippen molar-refractivity contribution in [3.05, 3.63) is 23.9 Å². The molecule has 0 amide bonds. The Bertz CT molecular complexity index is 434. The molecule has 1 atom stereocenters. The predicted molar refractivity (Wildman–Crippen MR) is 65.5 cm³/mol. The van der Waals surface area contributed by atoms with Crippen LogP contribution in [0.4, 0.5) is 5.82 Å². The third-order valence-electron chi connectivity index (χ3n) is 2.38. The van der Waals surface area contributed by atoms with Gasteiger partial charge in [-0.15, -0.1) is 0 Å². The second-order valence-electron chi connectivity index (χ2n) is 3.75. The third kappa shape index (κ3) is 3.73. The third-order valence-corrected chi connectivity index (χ3v) is 2.38. The number of carboxylic acids is 1. The number of aromatic nitrogens is 1. The van der Waals surface area contributed by atoms with Gasteiger partial charge in [-0.2, -0.15) is 0 Å². The number of ether oxygens (including phenoxy) is 1. The molecule has 0 aliphatic rings. The molecule has 1 aromatic heterocycles. The van der Waals surface area contributed by atoms with Gasteiger partial charge in [0.2, 0.25) is 0 Å². The average molecular weight is 252 g/mol. The summed E-state index contributed by atoms with van der Waals surface area (Å²) < 4.78 is 4.58. The van der Waals surface area contributed by atoms with Gasteiger partial charge in [0, 0.05) is 6.20 Å². The molecule has 0 fully saturated rings. The van der Waals surface area contributed by atoms with Gasteiger partial charge in [0.25, 0.3) is 0 Å². The summed E-state index contributed by atoms with van der Waals surface area (Å²) in [6.45, 7) is 1.90. The zero-order valence-corrected chi connectivity index (χ0v) is 10.3. The standard InChI is InChI=1S/C12H16N2O4/c1-3-4-9(11(15)16)14-10-7-8(5-6-13-10)12(17)18-2/h5-7,9H,3-4H2,1-2H3,(H,13,14)(H,15,16). The van der Waals surface area contributed by atoms with Crippen molar-refractivity contribution < 1.29 is 19.4 Å². The summed E-state index contributed by atoms with van der Waals surface area (Å²) in [6, 6.07) is 2.26. The monoisotopic (exact) mass is 252 g/mol. The van der Waals surface area contributed by atoms with Gasteiger partial charge in [-0.1, -0.05) is 13.3 Å². The molecule has 6 nitrogen and oxygen atoms in total. The van der Waals surface area contributed by atoms with Gasteiger partial charge in [0.1, 0.15) is 11.9 Å². The summed E-state index contributed by atoms with van der Waals surface area (Å²) in [5.41, 5.74) is 0.329. The van der Waals surface area contributed by atoms with Crippen molar-refractivity contribution in [2.24, 2.45) is 0 Å². The molecule has 1 aromatic rings. The van der Waals surface area contributed by atoms with Gasteiger partial charge in [0.15, 0.2) is 0 Å². The number of aliphatic carboxylic acids is 1. The van der Waals surface area contributed by atoms with Gasteiger partial charge in [0.05, 0.1) is 12.7 Å². The van der Waals surface area contributed by atoms with E-state index < -0.39 is 18.0 Å². The first kappa shape index (κ1) is 14.0. The fraction of sp³-hybridized carbons (Fsp3) is 0.417. The highest BCUT2D eigenvalue weighted by Gasteiger charge is 2.17. The Morgan fingerprint density at radius 3 is 2.83 bits per heavy atom. The highest BCUT2D eigenvalue weighted by Crippen LogP contribution is 2.11. The van der Waals surface area contributed by atoms with Crippen molar-refractivity contribution in [3.63, 3.8) is 0 Å². The van der Waals surface area contributed by atoms with Crippen LogP contribution in [0.1, 0.15) is 30.1 Å². The van der Waals surface area contributed by atoms with E-state index in [9.17, 15) is 9.59 Å². The van der Waals surface area contributed by atoms with Crippen LogP contribution in [0.2, 0.25) is 0 Å². The van der Waals surface area contributed by atoms with E-state index in [2.05, 4.69) is 15.0 Å². The summed E-state index contributed by atoms with van der Waals surface area (Å²) in [4.78, 5) is 26.3. The number of hydrogen-bond acceptors (Lipinski definition) is 5. The largest absolute Gasteiger partial charge is 0.480 e. The number of methoxy groups -OCH3 is 1. The van der Waals surface area contributed by atoms with E-state index in [1.807, 2.05) is 6.92 Å². The van der Waals surface area contributed by atoms with Crippen LogP contribution in [-0.4, -0.2) is 35.2 Å². The quantitative estimate of drug-likeness (QED) is 0.746. The maximum absolute atomic E-state index is 11.3. The van der Waals surface area contributed by atoms with Crippen LogP contribution in [0.3, 0.4) is 0 Å². The zero-order chi connectivity index (χ0) is 13.5. The molecule has 0 saturated heterocycles. The number of hydrogen-bond donors (Lipinski definition) is 2. The number of esters is 1. The lowest BCUT2D eigenvalue weighted by molar-refractivity contribution is -0.138. The number of carbonyl (C=O) groups excluding carboxylic acids is 1. The van der Waals surface area contributed by atoms with E-state index in [1.165, 1.54) is 25.4 Å². The molecule has 6 heteroatoms. The maximum atomic E-state index is 11.3. The van der Waals surface area contributed by atoms with Gasteiger partial charge in [-0.25, -0.2) is 14.6 Å². The molecule has 1 unspecified atom stereocenters. The minimum absolute atomic E-state index is 0.329. The molecule has 0 aliphatic carbocycles. The Morgan fingerprint density at radius 1 is 1.56 bits per heavy atom. The first-order valence-corrected chi connectivity index (χ1v) is 5.62. The van der Waals surface area contributed by atoms with Crippen LogP contribution in [0.5, 0.6) is 0 Å². The summed E-state index contributed by atoms with van der Waals surface area (Å²) in [5, 5.41) is 11.8. The van der Waals surface area contributed by atoms with Crippen molar-refractivity contribution in [2.45, 2.75) is 25.8 Å². The highest BCUT2D eigenvalue weighted by molar-refractivity contribution is 5.90. The lowest BCUT2D eigenvalue weighted by atomic mass is 10.1. The molecule has 1 rings (SSSR count). The lowest BCUT2D eigenvalue weighted by Gasteiger charge is -2.14. The highest BCUT2D eigenvalue weighted by atomic mass is 16.5. The summed E-state index contributed by atoms with van der Waals surface area (Å²) in [5.74, 6) is -1.08. The van der Waals surface area contributed by atoms with E-state index >= 15 is 0 Å². The molecule has 2 N–H and O–H groups in total. The van der Waals surface area contributed by atoms with Gasteiger partial charge in [-0.3, -0.25) is 0 Å². The molecule has 0 spiro atoms. The Balaban J connectivity index is 2.83. The Kier molecular flexibility index (Phi) is 5.10. The number of anilines is 1. The van der Waals surface area contributed by atoms with Crippen LogP contribution in [0.15, 0.2) is 18.3 Å². The van der Waals surface area contributed by atoms with Crippen LogP contribution in [-0.2, 0) is 9.53 Å². The first-order valence-electron chi connectivity index (χ1n) is 5.62. The number of nitrogens with one attached hydrogen (secondary N) is 1. The Labute approximate surface area is 105 Å². The van der Waals surface area contributed by atoms with Gasteiger partial charge in [-0.05, 0) is 18.6 Å². The van der Waals surface area contributed by atoms with Gasteiger partial charge >= 0.3 is 11.9 Å². The van der Waals surface area contributed by atoms with Crippen LogP contribution in [0.25, 0.3) is 0 Å². The lowest BCUT2D eigenvalue weighted by Crippen LogP contribution is -2.29. The molecular formula is C12H16N2O4. The van der Waals surface area contributed by atoms with Crippen LogP contribution >= 0.6 is 0 Å². The van der Waals surface area contributed by atoms with E-state index in [4.69, 9.17) is 5.11 Å². The minimum Gasteiger partial charge on any atom is -0.480 e. The Morgan fingerprint density at radius 2 is 2.28 bits per heavy atom. The topological polar surface area (TPSA) is 88.5 Å². The normalized spacial score (nSPS) is 11.7. The fourth-order valence-corrected chi connectivity index (χ4v) is 1.48. The number of nitrogens with zero attached hydrogens (tertiary/aromatic N) is 1. The molecule has 18 heavy (non-hydrogen) atoms. The van der Waals surface area contributed by atoms with E-state index in [1.54, 1.807) is 0 Å². The van der Waals surface area contributed by atoms with E-state index in [-0.39, 0.29) is 0 Å². The van der Waals surface area contributed by atoms with Crippen molar-refractivity contribution in [3.8, 4) is 0 Å². The molecule has 98 valence electrons. The smallest absolute Gasteiger partial charge is 0.338 e.